The van der Waals surface area contributed by atoms with E-state index >= 15 is 0 Å². The van der Waals surface area contributed by atoms with Crippen LogP contribution < -0.4 is 15.5 Å². The number of aromatic nitrogens is 1. The number of nitrogens with one attached hydrogen (secondary N) is 2. The van der Waals surface area contributed by atoms with Crippen molar-refractivity contribution in [3.05, 3.63) is 18.3 Å². The number of carbonyl (C=O) groups is 2. The summed E-state index contributed by atoms with van der Waals surface area (Å²) in [6.07, 6.45) is 8.44. The molecule has 1 aromatic rings. The van der Waals surface area contributed by atoms with Gasteiger partial charge in [0.15, 0.2) is 0 Å². The molecule has 1 aliphatic heterocycles. The van der Waals surface area contributed by atoms with Gasteiger partial charge in [-0.2, -0.15) is 0 Å². The number of anilines is 2. The maximum atomic E-state index is 12.0. The number of rotatable bonds is 4. The topological polar surface area (TPSA) is 77.6 Å². The quantitative estimate of drug-likeness (QED) is 0.825. The number of nitrogens with zero attached hydrogens (tertiary/aromatic N) is 3. The summed E-state index contributed by atoms with van der Waals surface area (Å²) in [6, 6.07) is 3.88. The zero-order valence-corrected chi connectivity index (χ0v) is 13.9. The number of urea groups is 1. The first-order valence-corrected chi connectivity index (χ1v) is 8.72. The highest BCUT2D eigenvalue weighted by Gasteiger charge is 2.17. The zero-order valence-electron chi connectivity index (χ0n) is 13.9. The summed E-state index contributed by atoms with van der Waals surface area (Å²) < 4.78 is 0. The third-order valence-corrected chi connectivity index (χ3v) is 4.76. The molecule has 2 aliphatic rings. The van der Waals surface area contributed by atoms with Gasteiger partial charge in [0.2, 0.25) is 6.41 Å². The third-order valence-electron chi connectivity index (χ3n) is 4.76. The van der Waals surface area contributed by atoms with Gasteiger partial charge in [0, 0.05) is 32.2 Å². The number of amides is 3. The van der Waals surface area contributed by atoms with E-state index in [0.29, 0.717) is 5.82 Å². The van der Waals surface area contributed by atoms with E-state index in [1.807, 2.05) is 12.1 Å². The molecule has 2 fully saturated rings. The second-order valence-corrected chi connectivity index (χ2v) is 6.46. The van der Waals surface area contributed by atoms with Crippen molar-refractivity contribution in [3.8, 4) is 0 Å². The van der Waals surface area contributed by atoms with Crippen molar-refractivity contribution in [1.82, 2.24) is 15.2 Å². The smallest absolute Gasteiger partial charge is 0.320 e. The van der Waals surface area contributed by atoms with E-state index in [4.69, 9.17) is 0 Å². The van der Waals surface area contributed by atoms with Crippen LogP contribution in [-0.4, -0.2) is 54.5 Å². The van der Waals surface area contributed by atoms with Crippen LogP contribution in [-0.2, 0) is 4.79 Å². The Morgan fingerprint density at radius 1 is 1.12 bits per heavy atom. The van der Waals surface area contributed by atoms with Gasteiger partial charge in [0.25, 0.3) is 0 Å². The van der Waals surface area contributed by atoms with Crippen LogP contribution in [0.1, 0.15) is 32.1 Å². The monoisotopic (exact) mass is 331 g/mol. The average Bonchev–Trinajstić information content (AvgIpc) is 2.63. The molecule has 1 aliphatic carbocycles. The number of piperazine rings is 1. The number of hydrogen-bond acceptors (Lipinski definition) is 4. The first kappa shape index (κ1) is 16.5. The maximum absolute atomic E-state index is 12.0. The molecule has 2 N–H and O–H groups in total. The van der Waals surface area contributed by atoms with E-state index in [0.717, 1.165) is 51.1 Å². The minimum atomic E-state index is -0.179. The molecule has 0 aromatic carbocycles. The Balaban J connectivity index is 1.49. The lowest BCUT2D eigenvalue weighted by atomic mass is 9.96. The lowest BCUT2D eigenvalue weighted by molar-refractivity contribution is -0.118. The SMILES string of the molecule is O=CN1CCN(c2ccc(NC(=O)NC3CCCCC3)nc2)CC1. The summed E-state index contributed by atoms with van der Waals surface area (Å²) in [5, 5.41) is 5.82. The number of hydrogen-bond donors (Lipinski definition) is 2. The van der Waals surface area contributed by atoms with Crippen LogP contribution >= 0.6 is 0 Å². The molecule has 24 heavy (non-hydrogen) atoms. The van der Waals surface area contributed by atoms with Gasteiger partial charge in [-0.1, -0.05) is 19.3 Å². The summed E-state index contributed by atoms with van der Waals surface area (Å²) in [4.78, 5) is 31.1. The number of pyridine rings is 1. The lowest BCUT2D eigenvalue weighted by Crippen LogP contribution is -2.45. The minimum absolute atomic E-state index is 0.179. The van der Waals surface area contributed by atoms with Gasteiger partial charge in [-0.15, -0.1) is 0 Å². The van der Waals surface area contributed by atoms with Crippen LogP contribution in [0.15, 0.2) is 18.3 Å². The molecule has 7 heteroatoms. The summed E-state index contributed by atoms with van der Waals surface area (Å²) in [7, 11) is 0. The van der Waals surface area contributed by atoms with Crippen LogP contribution in [0.25, 0.3) is 0 Å². The zero-order chi connectivity index (χ0) is 16.8. The summed E-state index contributed by atoms with van der Waals surface area (Å²) in [5.41, 5.74) is 1.01. The Hall–Kier alpha value is -2.31. The second kappa shape index (κ2) is 7.99. The average molecular weight is 331 g/mol. The van der Waals surface area contributed by atoms with Gasteiger partial charge in [-0.05, 0) is 25.0 Å². The Kier molecular flexibility index (Phi) is 5.51. The number of carbonyl (C=O) groups excluding carboxylic acids is 2. The highest BCUT2D eigenvalue weighted by Crippen LogP contribution is 2.18. The first-order chi connectivity index (χ1) is 11.7. The Morgan fingerprint density at radius 3 is 2.50 bits per heavy atom. The molecule has 3 rings (SSSR count). The van der Waals surface area contributed by atoms with Gasteiger partial charge in [0.1, 0.15) is 5.82 Å². The molecule has 0 unspecified atom stereocenters. The van der Waals surface area contributed by atoms with E-state index in [2.05, 4.69) is 20.5 Å². The molecule has 130 valence electrons. The van der Waals surface area contributed by atoms with Crippen LogP contribution in [0.5, 0.6) is 0 Å². The Labute approximate surface area is 142 Å². The van der Waals surface area contributed by atoms with E-state index < -0.39 is 0 Å². The minimum Gasteiger partial charge on any atom is -0.367 e. The molecule has 0 radical (unpaired) electrons. The fraction of sp³-hybridized carbons (Fsp3) is 0.588. The summed E-state index contributed by atoms with van der Waals surface area (Å²) in [5.74, 6) is 0.554. The molecule has 3 amide bonds. The van der Waals surface area contributed by atoms with Crippen LogP contribution in [0, 0.1) is 0 Å². The van der Waals surface area contributed by atoms with Crippen molar-refractivity contribution in [2.45, 2.75) is 38.1 Å². The van der Waals surface area contributed by atoms with Crippen molar-refractivity contribution in [2.24, 2.45) is 0 Å². The van der Waals surface area contributed by atoms with E-state index in [1.54, 1.807) is 11.1 Å². The third kappa shape index (κ3) is 4.37. The van der Waals surface area contributed by atoms with Crippen molar-refractivity contribution >= 4 is 23.9 Å². The summed E-state index contributed by atoms with van der Waals surface area (Å²) >= 11 is 0. The predicted octanol–water partition coefficient (Wildman–Crippen LogP) is 1.81. The fourth-order valence-electron chi connectivity index (χ4n) is 3.32. The maximum Gasteiger partial charge on any atom is 0.320 e. The molecule has 1 saturated heterocycles. The van der Waals surface area contributed by atoms with Gasteiger partial charge in [-0.25, -0.2) is 9.78 Å². The van der Waals surface area contributed by atoms with Crippen molar-refractivity contribution in [2.75, 3.05) is 36.4 Å². The Bertz CT molecular complexity index is 549. The van der Waals surface area contributed by atoms with Gasteiger partial charge in [0.05, 0.1) is 11.9 Å². The van der Waals surface area contributed by atoms with Crippen LogP contribution in [0.4, 0.5) is 16.3 Å². The molecular formula is C17H25N5O2. The fourth-order valence-corrected chi connectivity index (χ4v) is 3.32. The Morgan fingerprint density at radius 2 is 1.88 bits per heavy atom. The van der Waals surface area contributed by atoms with Crippen LogP contribution in [0.2, 0.25) is 0 Å². The second-order valence-electron chi connectivity index (χ2n) is 6.46. The van der Waals surface area contributed by atoms with Gasteiger partial charge in [-0.3, -0.25) is 10.1 Å². The van der Waals surface area contributed by atoms with E-state index in [1.165, 1.54) is 19.3 Å². The van der Waals surface area contributed by atoms with Crippen molar-refractivity contribution in [1.29, 1.82) is 0 Å². The standard InChI is InChI=1S/C17H25N5O2/c23-13-21-8-10-22(11-9-21)15-6-7-16(18-12-15)20-17(24)19-14-4-2-1-3-5-14/h6-7,12-14H,1-5,8-11H2,(H2,18,19,20,24). The predicted molar refractivity (Wildman–Crippen MR) is 93.1 cm³/mol. The van der Waals surface area contributed by atoms with Crippen molar-refractivity contribution < 1.29 is 9.59 Å². The summed E-state index contributed by atoms with van der Waals surface area (Å²) in [6.45, 7) is 3.06. The van der Waals surface area contributed by atoms with E-state index in [9.17, 15) is 9.59 Å². The molecule has 0 atom stereocenters. The lowest BCUT2D eigenvalue weighted by Gasteiger charge is -2.33. The largest absolute Gasteiger partial charge is 0.367 e. The highest BCUT2D eigenvalue weighted by molar-refractivity contribution is 5.88. The molecule has 0 bridgehead atoms. The molecule has 2 heterocycles. The molecule has 1 aromatic heterocycles. The molecule has 7 nitrogen and oxygen atoms in total. The van der Waals surface area contributed by atoms with Crippen LogP contribution in [0.3, 0.4) is 0 Å². The normalized spacial score (nSPS) is 19.0. The van der Waals surface area contributed by atoms with E-state index in [-0.39, 0.29) is 12.1 Å². The molecule has 1 saturated carbocycles. The highest BCUT2D eigenvalue weighted by atomic mass is 16.2. The van der Waals surface area contributed by atoms with Gasteiger partial charge >= 0.3 is 6.03 Å². The van der Waals surface area contributed by atoms with Crippen molar-refractivity contribution in [3.63, 3.8) is 0 Å². The van der Waals surface area contributed by atoms with Gasteiger partial charge < -0.3 is 15.1 Å². The first-order valence-electron chi connectivity index (χ1n) is 8.72. The molecular weight excluding hydrogens is 306 g/mol. The molecule has 0 spiro atoms.